The molecule has 4 rings (SSSR count). The Morgan fingerprint density at radius 2 is 1.80 bits per heavy atom. The van der Waals surface area contributed by atoms with Crippen LogP contribution >= 0.6 is 50.1 Å². The van der Waals surface area contributed by atoms with Gasteiger partial charge < -0.3 is 4.74 Å². The van der Waals surface area contributed by atoms with Gasteiger partial charge >= 0.3 is 6.03 Å². The van der Waals surface area contributed by atoms with Crippen LogP contribution in [0.25, 0.3) is 6.08 Å². The van der Waals surface area contributed by atoms with E-state index in [0.29, 0.717) is 35.1 Å². The summed E-state index contributed by atoms with van der Waals surface area (Å²) in [5, 5.41) is 2.91. The molecule has 6 nitrogen and oxygen atoms in total. The summed E-state index contributed by atoms with van der Waals surface area (Å²) >= 11 is 11.9. The Morgan fingerprint density at radius 1 is 1.09 bits per heavy atom. The van der Waals surface area contributed by atoms with E-state index < -0.39 is 17.8 Å². The molecule has 0 atom stereocenters. The van der Waals surface area contributed by atoms with Gasteiger partial charge in [0.2, 0.25) is 0 Å². The third-order valence-electron chi connectivity index (χ3n) is 5.30. The van der Waals surface area contributed by atoms with Gasteiger partial charge in [0.1, 0.15) is 11.3 Å². The largest absolute Gasteiger partial charge is 0.494 e. The molecule has 0 unspecified atom stereocenters. The Labute approximate surface area is 229 Å². The number of nitrogens with zero attached hydrogens (tertiary/aromatic N) is 1. The van der Waals surface area contributed by atoms with Crippen LogP contribution in [0.2, 0.25) is 5.02 Å². The third-order valence-corrected chi connectivity index (χ3v) is 7.16. The van der Waals surface area contributed by atoms with Crippen molar-refractivity contribution in [3.63, 3.8) is 0 Å². The van der Waals surface area contributed by atoms with Crippen molar-refractivity contribution in [2.24, 2.45) is 0 Å². The summed E-state index contributed by atoms with van der Waals surface area (Å²) in [7, 11) is 0. The molecule has 0 saturated carbocycles. The van der Waals surface area contributed by atoms with E-state index in [4.69, 9.17) is 16.3 Å². The lowest BCUT2D eigenvalue weighted by Gasteiger charge is -2.26. The number of carbonyl (C=O) groups is 3. The first-order valence-corrected chi connectivity index (χ1v) is 12.9. The van der Waals surface area contributed by atoms with Gasteiger partial charge in [0, 0.05) is 25.0 Å². The van der Waals surface area contributed by atoms with Gasteiger partial charge in [-0.3, -0.25) is 14.9 Å². The summed E-state index contributed by atoms with van der Waals surface area (Å²) in [6.45, 7) is 2.33. The SMILES string of the molecule is CCOc1cc(/C=C2\C(=O)NC(=O)N(c3ccc(Br)cc3)C2=O)cc(I)c1Cc1ccccc1Cl. The molecule has 3 aromatic rings. The normalized spacial score (nSPS) is 14.9. The van der Waals surface area contributed by atoms with Crippen molar-refractivity contribution in [3.05, 3.63) is 96.0 Å². The summed E-state index contributed by atoms with van der Waals surface area (Å²) in [5.41, 5.74) is 2.72. The molecule has 1 saturated heterocycles. The van der Waals surface area contributed by atoms with E-state index in [0.717, 1.165) is 24.1 Å². The van der Waals surface area contributed by atoms with Crippen LogP contribution in [0.15, 0.2) is 70.7 Å². The van der Waals surface area contributed by atoms with Crippen molar-refractivity contribution in [3.8, 4) is 5.75 Å². The fourth-order valence-corrected chi connectivity index (χ4v) is 4.93. The molecule has 0 spiro atoms. The number of imide groups is 2. The van der Waals surface area contributed by atoms with Gasteiger partial charge in [0.05, 0.1) is 12.3 Å². The highest BCUT2D eigenvalue weighted by Crippen LogP contribution is 2.32. The number of hydrogen-bond acceptors (Lipinski definition) is 4. The van der Waals surface area contributed by atoms with Crippen molar-refractivity contribution in [2.75, 3.05) is 11.5 Å². The van der Waals surface area contributed by atoms with E-state index in [1.54, 1.807) is 30.3 Å². The molecule has 178 valence electrons. The number of barbiturate groups is 1. The second kappa shape index (κ2) is 10.9. The average molecular weight is 666 g/mol. The number of rotatable bonds is 6. The number of amides is 4. The third kappa shape index (κ3) is 5.60. The predicted octanol–water partition coefficient (Wildman–Crippen LogP) is 6.36. The highest BCUT2D eigenvalue weighted by atomic mass is 127. The van der Waals surface area contributed by atoms with Crippen molar-refractivity contribution in [2.45, 2.75) is 13.3 Å². The maximum atomic E-state index is 13.2. The molecule has 0 radical (unpaired) electrons. The average Bonchev–Trinajstić information content (AvgIpc) is 2.81. The number of ether oxygens (including phenoxy) is 1. The van der Waals surface area contributed by atoms with Crippen molar-refractivity contribution < 1.29 is 19.1 Å². The highest BCUT2D eigenvalue weighted by molar-refractivity contribution is 14.1. The number of anilines is 1. The lowest BCUT2D eigenvalue weighted by molar-refractivity contribution is -0.122. The number of benzene rings is 3. The minimum absolute atomic E-state index is 0.148. The Hall–Kier alpha value is -2.69. The number of nitrogens with one attached hydrogen (secondary N) is 1. The Kier molecular flexibility index (Phi) is 7.93. The van der Waals surface area contributed by atoms with Crippen LogP contribution in [0.4, 0.5) is 10.5 Å². The molecule has 1 fully saturated rings. The standard InChI is InChI=1S/C26H19BrClIN2O4/c1-2-35-23-13-15(12-22(29)19(23)14-16-5-3-4-6-21(16)28)11-20-24(32)30-26(34)31(25(20)33)18-9-7-17(27)8-10-18/h3-13H,2,14H2,1H3,(H,30,32,34)/b20-11+. The van der Waals surface area contributed by atoms with Gasteiger partial charge in [-0.2, -0.15) is 0 Å². The van der Waals surface area contributed by atoms with Crippen LogP contribution in [0.5, 0.6) is 5.75 Å². The molecule has 1 aliphatic heterocycles. The molecule has 1 heterocycles. The van der Waals surface area contributed by atoms with Crippen LogP contribution < -0.4 is 15.0 Å². The summed E-state index contributed by atoms with van der Waals surface area (Å²) in [6.07, 6.45) is 2.04. The fourth-order valence-electron chi connectivity index (χ4n) is 3.65. The van der Waals surface area contributed by atoms with Gasteiger partial charge in [-0.05, 0) is 89.2 Å². The molecule has 0 aromatic heterocycles. The quantitative estimate of drug-likeness (QED) is 0.189. The number of urea groups is 1. The number of hydrogen-bond donors (Lipinski definition) is 1. The van der Waals surface area contributed by atoms with E-state index in [9.17, 15) is 14.4 Å². The second-order valence-corrected chi connectivity index (χ2v) is 10.1. The molecule has 1 N–H and O–H groups in total. The lowest BCUT2D eigenvalue weighted by atomic mass is 10.0. The maximum Gasteiger partial charge on any atom is 0.335 e. The fraction of sp³-hybridized carbons (Fsp3) is 0.115. The molecule has 35 heavy (non-hydrogen) atoms. The number of halogens is 3. The second-order valence-electron chi connectivity index (χ2n) is 7.61. The molecule has 3 aromatic carbocycles. The maximum absolute atomic E-state index is 13.2. The van der Waals surface area contributed by atoms with Crippen molar-refractivity contribution in [1.82, 2.24) is 5.32 Å². The van der Waals surface area contributed by atoms with Crippen LogP contribution in [-0.4, -0.2) is 24.5 Å². The van der Waals surface area contributed by atoms with Gasteiger partial charge in [-0.1, -0.05) is 45.7 Å². The van der Waals surface area contributed by atoms with Crippen LogP contribution in [0, 0.1) is 3.57 Å². The van der Waals surface area contributed by atoms with E-state index in [-0.39, 0.29) is 5.57 Å². The molecular formula is C26H19BrClIN2O4. The predicted molar refractivity (Wildman–Crippen MR) is 148 cm³/mol. The first-order chi connectivity index (χ1) is 16.8. The first kappa shape index (κ1) is 25.4. The zero-order chi connectivity index (χ0) is 25.1. The lowest BCUT2D eigenvalue weighted by Crippen LogP contribution is -2.54. The van der Waals surface area contributed by atoms with Crippen LogP contribution in [0.3, 0.4) is 0 Å². The minimum Gasteiger partial charge on any atom is -0.494 e. The van der Waals surface area contributed by atoms with Gasteiger partial charge in [-0.15, -0.1) is 0 Å². The van der Waals surface area contributed by atoms with E-state index in [1.807, 2.05) is 37.3 Å². The van der Waals surface area contributed by atoms with Crippen LogP contribution in [-0.2, 0) is 16.0 Å². The smallest absolute Gasteiger partial charge is 0.335 e. The number of carbonyl (C=O) groups excluding carboxylic acids is 3. The molecule has 4 amide bonds. The van der Waals surface area contributed by atoms with Gasteiger partial charge in [0.15, 0.2) is 0 Å². The summed E-state index contributed by atoms with van der Waals surface area (Å²) < 4.78 is 7.59. The van der Waals surface area contributed by atoms with E-state index in [1.165, 1.54) is 6.08 Å². The molecule has 9 heteroatoms. The summed E-state index contributed by atoms with van der Waals surface area (Å²) in [4.78, 5) is 39.2. The zero-order valence-electron chi connectivity index (χ0n) is 18.5. The molecule has 0 bridgehead atoms. The van der Waals surface area contributed by atoms with Gasteiger partial charge in [-0.25, -0.2) is 9.69 Å². The highest BCUT2D eigenvalue weighted by Gasteiger charge is 2.36. The monoisotopic (exact) mass is 664 g/mol. The van der Waals surface area contributed by atoms with Gasteiger partial charge in [0.25, 0.3) is 11.8 Å². The Morgan fingerprint density at radius 3 is 2.49 bits per heavy atom. The van der Waals surface area contributed by atoms with E-state index in [2.05, 4.69) is 43.8 Å². The zero-order valence-corrected chi connectivity index (χ0v) is 23.0. The molecule has 0 aliphatic carbocycles. The minimum atomic E-state index is -0.792. The summed E-state index contributed by atoms with van der Waals surface area (Å²) in [6, 6.07) is 17.1. The topological polar surface area (TPSA) is 75.7 Å². The first-order valence-electron chi connectivity index (χ1n) is 10.6. The Bertz CT molecular complexity index is 1360. The summed E-state index contributed by atoms with van der Waals surface area (Å²) in [5.74, 6) is -0.814. The van der Waals surface area contributed by atoms with E-state index >= 15 is 0 Å². The Balaban J connectivity index is 1.72. The van der Waals surface area contributed by atoms with Crippen LogP contribution in [0.1, 0.15) is 23.6 Å². The van der Waals surface area contributed by atoms with Crippen molar-refractivity contribution >= 4 is 79.7 Å². The molecular weight excluding hydrogens is 647 g/mol. The van der Waals surface area contributed by atoms with Crippen molar-refractivity contribution in [1.29, 1.82) is 0 Å². The molecule has 1 aliphatic rings.